The third-order valence-electron chi connectivity index (χ3n) is 2.24. The lowest BCUT2D eigenvalue weighted by molar-refractivity contribution is 0.628. The van der Waals surface area contributed by atoms with Crippen molar-refractivity contribution in [1.29, 1.82) is 0 Å². The van der Waals surface area contributed by atoms with Crippen LogP contribution in [-0.2, 0) is 5.88 Å². The van der Waals surface area contributed by atoms with Gasteiger partial charge in [0.25, 0.3) is 0 Å². The summed E-state index contributed by atoms with van der Waals surface area (Å²) < 4.78 is 13.1. The van der Waals surface area contributed by atoms with Gasteiger partial charge in [-0.1, -0.05) is 23.7 Å². The number of hydrogen-bond acceptors (Lipinski definition) is 1. The van der Waals surface area contributed by atoms with E-state index in [4.69, 9.17) is 23.2 Å². The first-order chi connectivity index (χ1) is 7.70. The molecule has 2 rings (SSSR count). The molecule has 0 spiro atoms. The van der Waals surface area contributed by atoms with Crippen LogP contribution in [0.25, 0.3) is 11.1 Å². The van der Waals surface area contributed by atoms with Crippen LogP contribution >= 0.6 is 23.2 Å². The van der Waals surface area contributed by atoms with Gasteiger partial charge < -0.3 is 0 Å². The molecular weight excluding hydrogens is 248 g/mol. The first kappa shape index (κ1) is 11.4. The minimum absolute atomic E-state index is 0.284. The largest absolute Gasteiger partial charge is 0.244 e. The number of alkyl halides is 1. The SMILES string of the molecule is Fc1cccc(-c2cnc(Cl)cc2CCl)c1. The Morgan fingerprint density at radius 3 is 2.75 bits per heavy atom. The highest BCUT2D eigenvalue weighted by Crippen LogP contribution is 2.26. The molecule has 0 saturated heterocycles. The molecular formula is C12H8Cl2FN. The van der Waals surface area contributed by atoms with Crippen molar-refractivity contribution < 1.29 is 4.39 Å². The first-order valence-corrected chi connectivity index (χ1v) is 5.58. The molecule has 0 unspecified atom stereocenters. The summed E-state index contributed by atoms with van der Waals surface area (Å²) in [7, 11) is 0. The van der Waals surface area contributed by atoms with Gasteiger partial charge in [-0.25, -0.2) is 9.37 Å². The molecule has 1 aromatic carbocycles. The summed E-state index contributed by atoms with van der Waals surface area (Å²) in [5.41, 5.74) is 2.39. The summed E-state index contributed by atoms with van der Waals surface area (Å²) in [6.45, 7) is 0. The molecule has 1 nitrogen and oxygen atoms in total. The van der Waals surface area contributed by atoms with Crippen molar-refractivity contribution in [3.05, 3.63) is 53.1 Å². The number of pyridine rings is 1. The maximum atomic E-state index is 13.1. The highest BCUT2D eigenvalue weighted by Gasteiger charge is 2.06. The highest BCUT2D eigenvalue weighted by molar-refractivity contribution is 6.29. The molecule has 1 aromatic heterocycles. The van der Waals surface area contributed by atoms with Crippen LogP contribution in [0.4, 0.5) is 4.39 Å². The Bertz CT molecular complexity index is 514. The molecule has 0 amide bonds. The smallest absolute Gasteiger partial charge is 0.129 e. The Balaban J connectivity index is 2.55. The van der Waals surface area contributed by atoms with E-state index in [0.29, 0.717) is 11.0 Å². The van der Waals surface area contributed by atoms with Gasteiger partial charge in [-0.05, 0) is 29.3 Å². The molecule has 0 aliphatic rings. The van der Waals surface area contributed by atoms with Crippen molar-refractivity contribution in [3.8, 4) is 11.1 Å². The van der Waals surface area contributed by atoms with Gasteiger partial charge in [-0.15, -0.1) is 11.6 Å². The molecule has 0 radical (unpaired) electrons. The Labute approximate surface area is 103 Å². The van der Waals surface area contributed by atoms with Gasteiger partial charge in [-0.3, -0.25) is 0 Å². The fraction of sp³-hybridized carbons (Fsp3) is 0.0833. The van der Waals surface area contributed by atoms with Gasteiger partial charge in [0, 0.05) is 17.6 Å². The van der Waals surface area contributed by atoms with E-state index in [9.17, 15) is 4.39 Å². The van der Waals surface area contributed by atoms with Gasteiger partial charge in [-0.2, -0.15) is 0 Å². The molecule has 82 valence electrons. The molecule has 0 fully saturated rings. The summed E-state index contributed by atoms with van der Waals surface area (Å²) in [6, 6.07) is 7.99. The Hall–Kier alpha value is -1.12. The van der Waals surface area contributed by atoms with Crippen LogP contribution in [0.1, 0.15) is 5.56 Å². The van der Waals surface area contributed by atoms with Crippen molar-refractivity contribution >= 4 is 23.2 Å². The summed E-state index contributed by atoms with van der Waals surface area (Å²) in [5.74, 6) is 0.0293. The molecule has 0 saturated carbocycles. The van der Waals surface area contributed by atoms with Crippen LogP contribution in [0.15, 0.2) is 36.5 Å². The molecule has 0 aliphatic heterocycles. The average molecular weight is 256 g/mol. The number of halogens is 3. The standard InChI is InChI=1S/C12H8Cl2FN/c13-6-9-5-12(14)16-7-11(9)8-2-1-3-10(15)4-8/h1-5,7H,6H2. The summed E-state index contributed by atoms with van der Waals surface area (Å²) in [5, 5.41) is 0.385. The number of nitrogens with zero attached hydrogens (tertiary/aromatic N) is 1. The van der Waals surface area contributed by atoms with E-state index in [1.807, 2.05) is 6.07 Å². The number of rotatable bonds is 2. The zero-order valence-electron chi connectivity index (χ0n) is 8.25. The third-order valence-corrected chi connectivity index (χ3v) is 2.73. The summed E-state index contributed by atoms with van der Waals surface area (Å²) in [6.07, 6.45) is 1.61. The van der Waals surface area contributed by atoms with E-state index in [0.717, 1.165) is 16.7 Å². The maximum absolute atomic E-state index is 13.1. The normalized spacial score (nSPS) is 10.4. The van der Waals surface area contributed by atoms with E-state index < -0.39 is 0 Å². The van der Waals surface area contributed by atoms with E-state index in [1.54, 1.807) is 18.3 Å². The zero-order chi connectivity index (χ0) is 11.5. The molecule has 16 heavy (non-hydrogen) atoms. The average Bonchev–Trinajstić information content (AvgIpc) is 2.28. The quantitative estimate of drug-likeness (QED) is 0.577. The molecule has 0 N–H and O–H groups in total. The van der Waals surface area contributed by atoms with E-state index in [1.165, 1.54) is 12.1 Å². The number of hydrogen-bond donors (Lipinski definition) is 0. The van der Waals surface area contributed by atoms with Gasteiger partial charge >= 0.3 is 0 Å². The second kappa shape index (κ2) is 4.81. The molecule has 0 bridgehead atoms. The lowest BCUT2D eigenvalue weighted by Gasteiger charge is -2.07. The van der Waals surface area contributed by atoms with Crippen molar-refractivity contribution in [2.75, 3.05) is 0 Å². The van der Waals surface area contributed by atoms with Gasteiger partial charge in [0.1, 0.15) is 11.0 Å². The summed E-state index contributed by atoms with van der Waals surface area (Å²) >= 11 is 11.6. The Kier molecular flexibility index (Phi) is 3.42. The molecule has 0 atom stereocenters. The highest BCUT2D eigenvalue weighted by atomic mass is 35.5. The molecule has 4 heteroatoms. The molecule has 1 heterocycles. The second-order valence-corrected chi connectivity index (χ2v) is 3.96. The van der Waals surface area contributed by atoms with Crippen LogP contribution in [0, 0.1) is 5.82 Å². The van der Waals surface area contributed by atoms with Crippen molar-refractivity contribution in [1.82, 2.24) is 4.98 Å². The predicted octanol–water partition coefficient (Wildman–Crippen LogP) is 4.28. The summed E-state index contributed by atoms with van der Waals surface area (Å²) in [4.78, 5) is 3.98. The second-order valence-electron chi connectivity index (χ2n) is 3.31. The maximum Gasteiger partial charge on any atom is 0.129 e. The van der Waals surface area contributed by atoms with Crippen LogP contribution in [-0.4, -0.2) is 4.98 Å². The minimum Gasteiger partial charge on any atom is -0.244 e. The first-order valence-electron chi connectivity index (χ1n) is 4.67. The Morgan fingerprint density at radius 1 is 1.25 bits per heavy atom. The number of aromatic nitrogens is 1. The van der Waals surface area contributed by atoms with Crippen molar-refractivity contribution in [2.24, 2.45) is 0 Å². The van der Waals surface area contributed by atoms with E-state index >= 15 is 0 Å². The van der Waals surface area contributed by atoms with Crippen LogP contribution < -0.4 is 0 Å². The van der Waals surface area contributed by atoms with E-state index in [-0.39, 0.29) is 5.82 Å². The zero-order valence-corrected chi connectivity index (χ0v) is 9.76. The predicted molar refractivity (Wildman–Crippen MR) is 64.2 cm³/mol. The van der Waals surface area contributed by atoms with Gasteiger partial charge in [0.05, 0.1) is 0 Å². The van der Waals surface area contributed by atoms with Crippen molar-refractivity contribution in [3.63, 3.8) is 0 Å². The van der Waals surface area contributed by atoms with Crippen LogP contribution in [0.5, 0.6) is 0 Å². The third kappa shape index (κ3) is 2.34. The lowest BCUT2D eigenvalue weighted by atomic mass is 10.0. The number of benzene rings is 1. The van der Waals surface area contributed by atoms with Crippen molar-refractivity contribution in [2.45, 2.75) is 5.88 Å². The van der Waals surface area contributed by atoms with E-state index in [2.05, 4.69) is 4.98 Å². The van der Waals surface area contributed by atoms with Gasteiger partial charge in [0.2, 0.25) is 0 Å². The van der Waals surface area contributed by atoms with Gasteiger partial charge in [0.15, 0.2) is 0 Å². The fourth-order valence-electron chi connectivity index (χ4n) is 1.49. The van der Waals surface area contributed by atoms with Crippen LogP contribution in [0.2, 0.25) is 5.15 Å². The fourth-order valence-corrected chi connectivity index (χ4v) is 1.90. The topological polar surface area (TPSA) is 12.9 Å². The van der Waals surface area contributed by atoms with Crippen LogP contribution in [0.3, 0.4) is 0 Å². The molecule has 2 aromatic rings. The Morgan fingerprint density at radius 2 is 2.06 bits per heavy atom. The minimum atomic E-state index is -0.284. The monoisotopic (exact) mass is 255 g/mol. The molecule has 0 aliphatic carbocycles. The lowest BCUT2D eigenvalue weighted by Crippen LogP contribution is -1.89.